The van der Waals surface area contributed by atoms with Gasteiger partial charge in [-0.05, 0) is 29.5 Å². The molecule has 0 fully saturated rings. The van der Waals surface area contributed by atoms with Crippen LogP contribution in [0.5, 0.6) is 0 Å². The lowest BCUT2D eigenvalue weighted by Crippen LogP contribution is -2.32. The molecule has 13 heavy (non-hydrogen) atoms. The molecule has 0 aliphatic heterocycles. The Hall–Kier alpha value is -1.31. The van der Waals surface area contributed by atoms with Crippen LogP contribution in [0.4, 0.5) is 0 Å². The van der Waals surface area contributed by atoms with E-state index in [-0.39, 0.29) is 11.0 Å². The minimum Gasteiger partial charge on any atom is -0.423 e. The molecule has 0 saturated heterocycles. The van der Waals surface area contributed by atoms with Crippen LogP contribution in [0.25, 0.3) is 0 Å². The van der Waals surface area contributed by atoms with E-state index in [0.29, 0.717) is 0 Å². The monoisotopic (exact) mass is 180 g/mol. The summed E-state index contributed by atoms with van der Waals surface area (Å²) >= 11 is 0. The number of rotatable bonds is 2. The van der Waals surface area contributed by atoms with Crippen molar-refractivity contribution in [1.29, 1.82) is 5.26 Å². The summed E-state index contributed by atoms with van der Waals surface area (Å²) in [7, 11) is -2.01. The first kappa shape index (κ1) is 4.80. The van der Waals surface area contributed by atoms with E-state index in [1.54, 1.807) is 6.07 Å². The summed E-state index contributed by atoms with van der Waals surface area (Å²) in [5, 5.41) is 27.0. The lowest BCUT2D eigenvalue weighted by Gasteiger charge is -2.06. The molecule has 3 nitrogen and oxygen atoms in total. The van der Waals surface area contributed by atoms with Crippen LogP contribution in [0.1, 0.15) is 24.8 Å². The molecule has 0 heterocycles. The number of hydrogen-bond donors (Lipinski definition) is 2. The van der Waals surface area contributed by atoms with Gasteiger partial charge in [0.2, 0.25) is 0 Å². The van der Waals surface area contributed by atoms with Crippen molar-refractivity contribution in [3.8, 4) is 6.07 Å². The molecule has 0 unspecified atom stereocenters. The maximum Gasteiger partial charge on any atom is 0.488 e. The predicted molar refractivity (Wildman–Crippen MR) is 50.4 cm³/mol. The highest BCUT2D eigenvalue weighted by molar-refractivity contribution is 6.59. The second-order valence-electron chi connectivity index (χ2n) is 2.41. The van der Waals surface area contributed by atoms with Crippen molar-refractivity contribution in [2.45, 2.75) is 13.2 Å². The molecule has 0 saturated carbocycles. The van der Waals surface area contributed by atoms with Crippen molar-refractivity contribution < 1.29 is 16.9 Å². The molecule has 1 rings (SSSR count). The maximum atomic E-state index is 9.12. The predicted octanol–water partition coefficient (Wildman–Crippen LogP) is -0.200. The second-order valence-corrected chi connectivity index (χ2v) is 2.41. The van der Waals surface area contributed by atoms with Gasteiger partial charge >= 0.3 is 7.12 Å². The van der Waals surface area contributed by atoms with Crippen LogP contribution in [0.3, 0.4) is 0 Å². The number of nitrogens with zero attached hydrogens (tertiary/aromatic N) is 1. The molecular weight excluding hydrogens is 165 g/mol. The van der Waals surface area contributed by atoms with Crippen LogP contribution in [0.2, 0.25) is 0 Å². The molecule has 1 aromatic rings. The van der Waals surface area contributed by atoms with Crippen molar-refractivity contribution in [3.05, 3.63) is 29.3 Å². The Labute approximate surface area is 84.4 Å². The van der Waals surface area contributed by atoms with Gasteiger partial charge in [0.1, 0.15) is 0 Å². The molecule has 66 valence electrons. The first-order chi connectivity index (χ1) is 8.11. The van der Waals surface area contributed by atoms with Gasteiger partial charge in [-0.1, -0.05) is 12.9 Å². The molecule has 0 spiro atoms. The molecule has 0 aromatic heterocycles. The molecule has 2 N–H and O–H groups in total. The van der Waals surface area contributed by atoms with Crippen LogP contribution < -0.4 is 5.46 Å². The van der Waals surface area contributed by atoms with Gasteiger partial charge in [-0.25, -0.2) is 0 Å². The highest BCUT2D eigenvalue weighted by atomic mass is 16.4. The van der Waals surface area contributed by atoms with Gasteiger partial charge < -0.3 is 10.0 Å². The minimum absolute atomic E-state index is 0.0440. The molecule has 4 heteroatoms. The summed E-state index contributed by atoms with van der Waals surface area (Å²) in [6, 6.07) is 5.14. The van der Waals surface area contributed by atoms with Crippen LogP contribution in [0, 0.1) is 11.3 Å². The zero-order chi connectivity index (χ0) is 14.1. The van der Waals surface area contributed by atoms with Crippen molar-refractivity contribution in [2.24, 2.45) is 0 Å². The molecular formula is C9H10BNO2. The second kappa shape index (κ2) is 4.08. The normalized spacial score (nSPS) is 17.2. The van der Waals surface area contributed by atoms with E-state index in [1.165, 1.54) is 6.07 Å². The summed E-state index contributed by atoms with van der Waals surface area (Å²) in [6.07, 6.45) is -2.78. The van der Waals surface area contributed by atoms with Crippen LogP contribution in [-0.2, 0) is 6.37 Å². The van der Waals surface area contributed by atoms with E-state index in [2.05, 4.69) is 0 Å². The molecule has 0 amide bonds. The number of aryl methyl sites for hydroxylation is 1. The third-order valence-corrected chi connectivity index (χ3v) is 1.60. The number of benzene rings is 1. The van der Waals surface area contributed by atoms with Crippen LogP contribution in [0.15, 0.2) is 18.2 Å². The number of nitriles is 1. The van der Waals surface area contributed by atoms with E-state index < -0.39 is 25.9 Å². The summed E-state index contributed by atoms with van der Waals surface area (Å²) in [6.45, 7) is -2.98. The van der Waals surface area contributed by atoms with Crippen molar-refractivity contribution in [1.82, 2.24) is 0 Å². The Balaban J connectivity index is 3.51. The Morgan fingerprint density at radius 3 is 3.00 bits per heavy atom. The van der Waals surface area contributed by atoms with E-state index in [1.807, 2.05) is 0 Å². The first-order valence-corrected chi connectivity index (χ1v) is 3.52. The minimum atomic E-state index is -2.98. The smallest absolute Gasteiger partial charge is 0.423 e. The van der Waals surface area contributed by atoms with Crippen molar-refractivity contribution >= 4 is 12.6 Å². The average molecular weight is 180 g/mol. The van der Waals surface area contributed by atoms with Crippen LogP contribution >= 0.6 is 0 Å². The highest BCUT2D eigenvalue weighted by Gasteiger charge is 2.14. The Morgan fingerprint density at radius 2 is 2.46 bits per heavy atom. The number of hydrogen-bond acceptors (Lipinski definition) is 3. The van der Waals surface area contributed by atoms with E-state index in [9.17, 15) is 0 Å². The topological polar surface area (TPSA) is 64.2 Å². The van der Waals surface area contributed by atoms with Gasteiger partial charge in [0.25, 0.3) is 0 Å². The third-order valence-electron chi connectivity index (χ3n) is 1.60. The van der Waals surface area contributed by atoms with Gasteiger partial charge in [-0.2, -0.15) is 5.26 Å². The van der Waals surface area contributed by atoms with E-state index in [4.69, 9.17) is 22.2 Å². The van der Waals surface area contributed by atoms with Gasteiger partial charge in [-0.15, -0.1) is 0 Å². The Bertz CT molecular complexity index is 495. The molecule has 0 radical (unpaired) electrons. The third kappa shape index (κ3) is 2.08. The average Bonchev–Trinajstić information content (AvgIpc) is 2.26. The van der Waals surface area contributed by atoms with Crippen molar-refractivity contribution in [3.63, 3.8) is 0 Å². The summed E-state index contributed by atoms with van der Waals surface area (Å²) < 4.78 is 36.6. The molecule has 0 atom stereocenters. The molecule has 0 bridgehead atoms. The Kier molecular flexibility index (Phi) is 1.51. The fourth-order valence-electron chi connectivity index (χ4n) is 0.959. The van der Waals surface area contributed by atoms with Gasteiger partial charge in [-0.3, -0.25) is 0 Å². The lowest BCUT2D eigenvalue weighted by molar-refractivity contribution is 0.425. The fraction of sp³-hybridized carbons (Fsp3) is 0.222. The fourth-order valence-corrected chi connectivity index (χ4v) is 0.959. The summed E-state index contributed by atoms with van der Waals surface area (Å²) in [5.41, 5.74) is -0.644. The SMILES string of the molecule is [2H]C([2H])([2H])C([2H])([2H])c1cc(C#N)ccc1B(O)O. The van der Waals surface area contributed by atoms with Crippen molar-refractivity contribution in [2.75, 3.05) is 0 Å². The lowest BCUT2D eigenvalue weighted by atomic mass is 9.76. The standard InChI is InChI=1S/C9H10BNO2/c1-2-8-5-7(6-11)3-4-9(8)10(12)13/h3-5,12-13H,2H2,1H3/i1D3,2D2. The highest BCUT2D eigenvalue weighted by Crippen LogP contribution is 2.03. The zero-order valence-corrected chi connectivity index (χ0v) is 6.65. The molecule has 0 aliphatic carbocycles. The van der Waals surface area contributed by atoms with Gasteiger partial charge in [0.15, 0.2) is 0 Å². The summed E-state index contributed by atoms with van der Waals surface area (Å²) in [5.74, 6) is 0. The van der Waals surface area contributed by atoms with E-state index in [0.717, 1.165) is 12.1 Å². The summed E-state index contributed by atoms with van der Waals surface area (Å²) in [4.78, 5) is 0. The molecule has 1 aromatic carbocycles. The Morgan fingerprint density at radius 1 is 1.69 bits per heavy atom. The van der Waals surface area contributed by atoms with E-state index >= 15 is 0 Å². The van der Waals surface area contributed by atoms with Crippen LogP contribution in [-0.4, -0.2) is 17.2 Å². The maximum absolute atomic E-state index is 9.12. The van der Waals surface area contributed by atoms with Gasteiger partial charge in [0, 0.05) is 6.85 Å². The van der Waals surface area contributed by atoms with Gasteiger partial charge in [0.05, 0.1) is 11.6 Å². The largest absolute Gasteiger partial charge is 0.488 e. The molecule has 0 aliphatic rings. The first-order valence-electron chi connectivity index (χ1n) is 6.02. The quantitative estimate of drug-likeness (QED) is 0.619. The zero-order valence-electron chi connectivity index (χ0n) is 11.7.